The summed E-state index contributed by atoms with van der Waals surface area (Å²) in [7, 11) is 1.29. The zero-order valence-electron chi connectivity index (χ0n) is 11.4. The quantitative estimate of drug-likeness (QED) is 0.851. The lowest BCUT2D eigenvalue weighted by Crippen LogP contribution is -2.38. The molecule has 0 aromatic carbocycles. The van der Waals surface area contributed by atoms with Crippen molar-refractivity contribution in [3.8, 4) is 0 Å². The number of aromatic nitrogens is 1. The molecule has 0 spiro atoms. The van der Waals surface area contributed by atoms with Crippen molar-refractivity contribution in [3.05, 3.63) is 16.1 Å². The maximum Gasteiger partial charge on any atom is 0.334 e. The van der Waals surface area contributed by atoms with Gasteiger partial charge >= 0.3 is 5.97 Å². The fourth-order valence-corrected chi connectivity index (χ4v) is 2.39. The number of carbonyl (C=O) groups is 2. The molecule has 0 bridgehead atoms. The van der Waals surface area contributed by atoms with Crippen molar-refractivity contribution in [2.24, 2.45) is 0 Å². The second kappa shape index (κ2) is 6.12. The van der Waals surface area contributed by atoms with E-state index in [1.807, 2.05) is 20.8 Å². The molecule has 1 unspecified atom stereocenters. The molecule has 1 atom stereocenters. The Balaban J connectivity index is 2.75. The lowest BCUT2D eigenvalue weighted by atomic mass is 9.91. The van der Waals surface area contributed by atoms with Gasteiger partial charge < -0.3 is 15.2 Å². The van der Waals surface area contributed by atoms with E-state index < -0.39 is 12.1 Å². The largest absolute Gasteiger partial charge is 0.479 e. The van der Waals surface area contributed by atoms with Gasteiger partial charge in [0.15, 0.2) is 6.10 Å². The van der Waals surface area contributed by atoms with E-state index in [0.717, 1.165) is 0 Å². The highest BCUT2D eigenvalue weighted by Gasteiger charge is 2.26. The van der Waals surface area contributed by atoms with Gasteiger partial charge in [-0.05, 0) is 0 Å². The fourth-order valence-electron chi connectivity index (χ4n) is 1.48. The van der Waals surface area contributed by atoms with Crippen molar-refractivity contribution in [1.82, 2.24) is 10.3 Å². The number of aliphatic carboxylic acids is 1. The van der Waals surface area contributed by atoms with Crippen LogP contribution in [0, 0.1) is 0 Å². The number of carbonyl (C=O) groups excluding carboxylic acids is 1. The molecule has 1 rings (SSSR count). The average molecular weight is 286 g/mol. The maximum absolute atomic E-state index is 12.0. The number of nitrogens with one attached hydrogen (secondary N) is 1. The fraction of sp³-hybridized carbons (Fsp3) is 0.583. The molecule has 0 radical (unpaired) electrons. The zero-order valence-corrected chi connectivity index (χ0v) is 12.2. The Morgan fingerprint density at radius 1 is 1.53 bits per heavy atom. The van der Waals surface area contributed by atoms with E-state index in [1.54, 1.807) is 5.51 Å². The third kappa shape index (κ3) is 4.00. The molecule has 1 aromatic rings. The number of thiazole rings is 1. The summed E-state index contributed by atoms with van der Waals surface area (Å²) in [6.07, 6.45) is -1.05. The number of carboxylic acid groups (broad SMARTS) is 1. The van der Waals surface area contributed by atoms with Crippen molar-refractivity contribution >= 4 is 23.2 Å². The van der Waals surface area contributed by atoms with Crippen molar-refractivity contribution < 1.29 is 19.4 Å². The second-order valence-electron chi connectivity index (χ2n) is 5.05. The molecule has 0 saturated heterocycles. The summed E-state index contributed by atoms with van der Waals surface area (Å²) in [5, 5.41) is 11.4. The van der Waals surface area contributed by atoms with Gasteiger partial charge in [-0.15, -0.1) is 11.3 Å². The van der Waals surface area contributed by atoms with Crippen molar-refractivity contribution in [3.63, 3.8) is 0 Å². The van der Waals surface area contributed by atoms with E-state index >= 15 is 0 Å². The third-order valence-corrected chi connectivity index (χ3v) is 3.32. The van der Waals surface area contributed by atoms with Crippen LogP contribution in [0.1, 0.15) is 36.1 Å². The van der Waals surface area contributed by atoms with Gasteiger partial charge in [0.1, 0.15) is 4.88 Å². The van der Waals surface area contributed by atoms with Gasteiger partial charge in [0.05, 0.1) is 17.7 Å². The molecule has 1 heterocycles. The van der Waals surface area contributed by atoms with E-state index in [2.05, 4.69) is 10.3 Å². The Hall–Kier alpha value is -1.47. The number of ether oxygens (including phenoxy) is 1. The van der Waals surface area contributed by atoms with Crippen LogP contribution in [0.5, 0.6) is 0 Å². The number of amides is 1. The highest BCUT2D eigenvalue weighted by molar-refractivity contribution is 7.11. The highest BCUT2D eigenvalue weighted by Crippen LogP contribution is 2.26. The Bertz CT molecular complexity index is 465. The number of carboxylic acids is 1. The summed E-state index contributed by atoms with van der Waals surface area (Å²) in [6.45, 7) is 5.82. The van der Waals surface area contributed by atoms with Crippen LogP contribution in [0.4, 0.5) is 0 Å². The second-order valence-corrected chi connectivity index (χ2v) is 5.91. The molecular formula is C12H18N2O4S. The lowest BCUT2D eigenvalue weighted by molar-refractivity contribution is -0.148. The van der Waals surface area contributed by atoms with Gasteiger partial charge in [-0.1, -0.05) is 20.8 Å². The number of hydrogen-bond donors (Lipinski definition) is 2. The van der Waals surface area contributed by atoms with Crippen LogP contribution >= 0.6 is 11.3 Å². The van der Waals surface area contributed by atoms with Crippen LogP contribution in [-0.4, -0.2) is 41.7 Å². The third-order valence-electron chi connectivity index (χ3n) is 2.49. The summed E-state index contributed by atoms with van der Waals surface area (Å²) in [5.41, 5.74) is 2.08. The van der Waals surface area contributed by atoms with Crippen molar-refractivity contribution in [1.29, 1.82) is 0 Å². The summed E-state index contributed by atoms with van der Waals surface area (Å²) in [4.78, 5) is 27.5. The van der Waals surface area contributed by atoms with Crippen LogP contribution in [0.2, 0.25) is 0 Å². The molecule has 1 amide bonds. The molecular weight excluding hydrogens is 268 g/mol. The molecule has 19 heavy (non-hydrogen) atoms. The van der Waals surface area contributed by atoms with E-state index in [0.29, 0.717) is 10.6 Å². The van der Waals surface area contributed by atoms with Gasteiger partial charge in [0, 0.05) is 12.5 Å². The first kappa shape index (κ1) is 15.6. The van der Waals surface area contributed by atoms with Gasteiger partial charge in [-0.25, -0.2) is 9.78 Å². The minimum Gasteiger partial charge on any atom is -0.479 e. The SMILES string of the molecule is COC(CNC(=O)c1scnc1C(C)(C)C)C(=O)O. The number of methoxy groups -OCH3 is 1. The molecule has 0 aliphatic carbocycles. The molecule has 0 aliphatic rings. The predicted octanol–water partition coefficient (Wildman–Crippen LogP) is 1.27. The Morgan fingerprint density at radius 3 is 2.63 bits per heavy atom. The highest BCUT2D eigenvalue weighted by atomic mass is 32.1. The monoisotopic (exact) mass is 286 g/mol. The van der Waals surface area contributed by atoms with Crippen LogP contribution in [0.25, 0.3) is 0 Å². The van der Waals surface area contributed by atoms with E-state index in [-0.39, 0.29) is 17.9 Å². The number of hydrogen-bond acceptors (Lipinski definition) is 5. The summed E-state index contributed by atoms with van der Waals surface area (Å²) < 4.78 is 4.75. The summed E-state index contributed by atoms with van der Waals surface area (Å²) in [6, 6.07) is 0. The molecule has 7 heteroatoms. The van der Waals surface area contributed by atoms with E-state index in [9.17, 15) is 9.59 Å². The van der Waals surface area contributed by atoms with Gasteiger partial charge in [-0.3, -0.25) is 4.79 Å². The Kier molecular flexibility index (Phi) is 5.02. The van der Waals surface area contributed by atoms with Crippen LogP contribution in [0.3, 0.4) is 0 Å². The first-order valence-corrected chi connectivity index (χ1v) is 6.63. The topological polar surface area (TPSA) is 88.5 Å². The lowest BCUT2D eigenvalue weighted by Gasteiger charge is -2.17. The molecule has 1 aromatic heterocycles. The zero-order chi connectivity index (χ0) is 14.6. The van der Waals surface area contributed by atoms with E-state index in [4.69, 9.17) is 9.84 Å². The van der Waals surface area contributed by atoms with Crippen molar-refractivity contribution in [2.45, 2.75) is 32.3 Å². The Labute approximate surface area is 115 Å². The normalized spacial score (nSPS) is 13.1. The molecule has 0 fully saturated rings. The minimum atomic E-state index is -1.11. The molecule has 0 aliphatic heterocycles. The molecule has 106 valence electrons. The summed E-state index contributed by atoms with van der Waals surface area (Å²) >= 11 is 1.24. The van der Waals surface area contributed by atoms with Crippen LogP contribution < -0.4 is 5.32 Å². The van der Waals surface area contributed by atoms with E-state index in [1.165, 1.54) is 18.4 Å². The predicted molar refractivity (Wildman–Crippen MR) is 71.6 cm³/mol. The van der Waals surface area contributed by atoms with Crippen LogP contribution in [0.15, 0.2) is 5.51 Å². The first-order valence-electron chi connectivity index (χ1n) is 5.75. The standard InChI is InChI=1S/C12H18N2O4S/c1-12(2,3)9-8(19-6-14-9)10(15)13-5-7(18-4)11(16)17/h6-7H,5H2,1-4H3,(H,13,15)(H,16,17). The van der Waals surface area contributed by atoms with Crippen LogP contribution in [-0.2, 0) is 14.9 Å². The first-order chi connectivity index (χ1) is 8.77. The van der Waals surface area contributed by atoms with Gasteiger partial charge in [-0.2, -0.15) is 0 Å². The maximum atomic E-state index is 12.0. The smallest absolute Gasteiger partial charge is 0.334 e. The number of rotatable bonds is 5. The van der Waals surface area contributed by atoms with Gasteiger partial charge in [0.2, 0.25) is 0 Å². The average Bonchev–Trinajstić information content (AvgIpc) is 2.77. The van der Waals surface area contributed by atoms with Gasteiger partial charge in [0.25, 0.3) is 5.91 Å². The summed E-state index contributed by atoms with van der Waals surface area (Å²) in [5.74, 6) is -1.43. The Morgan fingerprint density at radius 2 is 2.16 bits per heavy atom. The minimum absolute atomic E-state index is 0.0772. The number of nitrogens with zero attached hydrogens (tertiary/aromatic N) is 1. The molecule has 0 saturated carbocycles. The molecule has 2 N–H and O–H groups in total. The molecule has 6 nitrogen and oxygen atoms in total. The van der Waals surface area contributed by atoms with Crippen molar-refractivity contribution in [2.75, 3.05) is 13.7 Å².